The Balaban J connectivity index is 2.14. The Bertz CT molecular complexity index is 317. The Morgan fingerprint density at radius 2 is 2.43 bits per heavy atom. The zero-order chi connectivity index (χ0) is 9.97. The fraction of sp³-hybridized carbons (Fsp3) is 0.556. The summed E-state index contributed by atoms with van der Waals surface area (Å²) in [5, 5.41) is 3.88. The van der Waals surface area contributed by atoms with E-state index in [1.807, 2.05) is 0 Å². The number of rotatable bonds is 1. The van der Waals surface area contributed by atoms with Crippen molar-refractivity contribution in [3.05, 3.63) is 17.5 Å². The SMILES string of the molecule is CC1CN(c2cc(Cl)ncn2)CCN1. The van der Waals surface area contributed by atoms with Gasteiger partial charge in [-0.3, -0.25) is 0 Å². The molecule has 1 atom stereocenters. The van der Waals surface area contributed by atoms with Gasteiger partial charge in [0.2, 0.25) is 0 Å². The number of nitrogens with zero attached hydrogens (tertiary/aromatic N) is 3. The van der Waals surface area contributed by atoms with Crippen molar-refractivity contribution in [1.29, 1.82) is 0 Å². The van der Waals surface area contributed by atoms with Crippen molar-refractivity contribution in [2.24, 2.45) is 0 Å². The van der Waals surface area contributed by atoms with Gasteiger partial charge >= 0.3 is 0 Å². The molecule has 76 valence electrons. The van der Waals surface area contributed by atoms with Gasteiger partial charge in [0, 0.05) is 31.7 Å². The number of nitrogens with one attached hydrogen (secondary N) is 1. The van der Waals surface area contributed by atoms with Crippen molar-refractivity contribution in [2.45, 2.75) is 13.0 Å². The maximum atomic E-state index is 5.81. The molecule has 1 unspecified atom stereocenters. The van der Waals surface area contributed by atoms with Gasteiger partial charge in [0.1, 0.15) is 17.3 Å². The van der Waals surface area contributed by atoms with Crippen LogP contribution >= 0.6 is 11.6 Å². The highest BCUT2D eigenvalue weighted by atomic mass is 35.5. The third kappa shape index (κ3) is 2.13. The van der Waals surface area contributed by atoms with Crippen LogP contribution in [0.15, 0.2) is 12.4 Å². The van der Waals surface area contributed by atoms with E-state index >= 15 is 0 Å². The van der Waals surface area contributed by atoms with Gasteiger partial charge < -0.3 is 10.2 Å². The van der Waals surface area contributed by atoms with Crippen LogP contribution in [0.25, 0.3) is 0 Å². The standard InChI is InChI=1S/C9H13ClN4/c1-7-5-14(3-2-11-7)9-4-8(10)12-6-13-9/h4,6-7,11H,2-3,5H2,1H3. The maximum absolute atomic E-state index is 5.81. The summed E-state index contributed by atoms with van der Waals surface area (Å²) in [7, 11) is 0. The smallest absolute Gasteiger partial charge is 0.134 e. The average Bonchev–Trinajstić information content (AvgIpc) is 2.18. The monoisotopic (exact) mass is 212 g/mol. The van der Waals surface area contributed by atoms with Crippen LogP contribution in [0.4, 0.5) is 5.82 Å². The van der Waals surface area contributed by atoms with Gasteiger partial charge in [-0.25, -0.2) is 9.97 Å². The molecule has 2 heterocycles. The Morgan fingerprint density at radius 1 is 1.57 bits per heavy atom. The molecule has 0 saturated carbocycles. The fourth-order valence-electron chi connectivity index (χ4n) is 1.64. The molecule has 4 nitrogen and oxygen atoms in total. The van der Waals surface area contributed by atoms with Crippen LogP contribution in [-0.4, -0.2) is 35.6 Å². The summed E-state index contributed by atoms with van der Waals surface area (Å²) in [4.78, 5) is 10.3. The molecular weight excluding hydrogens is 200 g/mol. The van der Waals surface area contributed by atoms with E-state index in [2.05, 4.69) is 27.1 Å². The van der Waals surface area contributed by atoms with Gasteiger partial charge in [0.15, 0.2) is 0 Å². The number of piperazine rings is 1. The number of hydrogen-bond donors (Lipinski definition) is 1. The molecule has 0 aromatic carbocycles. The molecule has 1 saturated heterocycles. The van der Waals surface area contributed by atoms with Crippen LogP contribution in [0.2, 0.25) is 5.15 Å². The van der Waals surface area contributed by atoms with Crippen LogP contribution < -0.4 is 10.2 Å². The van der Waals surface area contributed by atoms with E-state index in [0.29, 0.717) is 11.2 Å². The summed E-state index contributed by atoms with van der Waals surface area (Å²) in [5.74, 6) is 0.915. The van der Waals surface area contributed by atoms with E-state index in [-0.39, 0.29) is 0 Å². The van der Waals surface area contributed by atoms with E-state index < -0.39 is 0 Å². The summed E-state index contributed by atoms with van der Waals surface area (Å²) in [6.45, 7) is 5.09. The molecule has 14 heavy (non-hydrogen) atoms. The topological polar surface area (TPSA) is 41.1 Å². The molecule has 0 radical (unpaired) electrons. The summed E-state index contributed by atoms with van der Waals surface area (Å²) in [6, 6.07) is 2.30. The molecule has 0 amide bonds. The minimum absolute atomic E-state index is 0.498. The van der Waals surface area contributed by atoms with E-state index in [4.69, 9.17) is 11.6 Å². The van der Waals surface area contributed by atoms with Crippen molar-refractivity contribution < 1.29 is 0 Å². The summed E-state index contributed by atoms with van der Waals surface area (Å²) in [6.07, 6.45) is 1.50. The number of hydrogen-bond acceptors (Lipinski definition) is 4. The quantitative estimate of drug-likeness (QED) is 0.704. The van der Waals surface area contributed by atoms with E-state index in [9.17, 15) is 0 Å². The molecule has 1 aromatic heterocycles. The first kappa shape index (κ1) is 9.68. The minimum Gasteiger partial charge on any atom is -0.354 e. The second-order valence-corrected chi connectivity index (χ2v) is 3.89. The predicted molar refractivity (Wildman–Crippen MR) is 56.7 cm³/mol. The lowest BCUT2D eigenvalue weighted by atomic mass is 10.2. The minimum atomic E-state index is 0.498. The molecule has 0 spiro atoms. The summed E-state index contributed by atoms with van der Waals surface area (Å²) in [5.41, 5.74) is 0. The van der Waals surface area contributed by atoms with Gasteiger partial charge in [-0.05, 0) is 6.92 Å². The lowest BCUT2D eigenvalue weighted by Crippen LogP contribution is -2.49. The van der Waals surface area contributed by atoms with Crippen LogP contribution in [0, 0.1) is 0 Å². The van der Waals surface area contributed by atoms with Crippen molar-refractivity contribution >= 4 is 17.4 Å². The van der Waals surface area contributed by atoms with E-state index in [1.165, 1.54) is 6.33 Å². The van der Waals surface area contributed by atoms with Gasteiger partial charge in [0.25, 0.3) is 0 Å². The molecule has 1 fully saturated rings. The zero-order valence-electron chi connectivity index (χ0n) is 8.07. The Hall–Kier alpha value is -0.870. The molecule has 2 rings (SSSR count). The van der Waals surface area contributed by atoms with Crippen molar-refractivity contribution in [2.75, 3.05) is 24.5 Å². The highest BCUT2D eigenvalue weighted by Gasteiger charge is 2.16. The summed E-state index contributed by atoms with van der Waals surface area (Å²) < 4.78 is 0. The van der Waals surface area contributed by atoms with Crippen LogP contribution in [0.5, 0.6) is 0 Å². The van der Waals surface area contributed by atoms with Crippen LogP contribution in [-0.2, 0) is 0 Å². The van der Waals surface area contributed by atoms with Gasteiger partial charge in [-0.2, -0.15) is 0 Å². The highest BCUT2D eigenvalue weighted by molar-refractivity contribution is 6.29. The number of halogens is 1. The molecule has 0 aliphatic carbocycles. The first-order chi connectivity index (χ1) is 6.75. The second kappa shape index (κ2) is 4.11. The van der Waals surface area contributed by atoms with Crippen molar-refractivity contribution in [3.8, 4) is 0 Å². The fourth-order valence-corrected chi connectivity index (χ4v) is 1.78. The first-order valence-electron chi connectivity index (χ1n) is 4.71. The third-order valence-corrected chi connectivity index (χ3v) is 2.52. The van der Waals surface area contributed by atoms with Gasteiger partial charge in [0.05, 0.1) is 0 Å². The highest BCUT2D eigenvalue weighted by Crippen LogP contribution is 2.15. The Morgan fingerprint density at radius 3 is 3.14 bits per heavy atom. The average molecular weight is 213 g/mol. The molecule has 1 aliphatic rings. The largest absolute Gasteiger partial charge is 0.354 e. The molecule has 0 bridgehead atoms. The third-order valence-electron chi connectivity index (χ3n) is 2.31. The number of aromatic nitrogens is 2. The lowest BCUT2D eigenvalue weighted by Gasteiger charge is -2.32. The Labute approximate surface area is 88.3 Å². The first-order valence-corrected chi connectivity index (χ1v) is 5.09. The predicted octanol–water partition coefficient (Wildman–Crippen LogP) is 0.928. The van der Waals surface area contributed by atoms with E-state index in [0.717, 1.165) is 25.5 Å². The van der Waals surface area contributed by atoms with Crippen molar-refractivity contribution in [1.82, 2.24) is 15.3 Å². The van der Waals surface area contributed by atoms with Gasteiger partial charge in [-0.15, -0.1) is 0 Å². The second-order valence-electron chi connectivity index (χ2n) is 3.50. The molecule has 1 N–H and O–H groups in total. The van der Waals surface area contributed by atoms with Crippen molar-refractivity contribution in [3.63, 3.8) is 0 Å². The molecular formula is C9H13ClN4. The number of anilines is 1. The molecule has 5 heteroatoms. The normalized spacial score (nSPS) is 22.4. The zero-order valence-corrected chi connectivity index (χ0v) is 8.83. The van der Waals surface area contributed by atoms with Crippen LogP contribution in [0.3, 0.4) is 0 Å². The van der Waals surface area contributed by atoms with Gasteiger partial charge in [-0.1, -0.05) is 11.6 Å². The summed E-state index contributed by atoms with van der Waals surface area (Å²) >= 11 is 5.81. The maximum Gasteiger partial charge on any atom is 0.134 e. The Kier molecular flexibility index (Phi) is 2.84. The van der Waals surface area contributed by atoms with E-state index in [1.54, 1.807) is 6.07 Å². The molecule has 1 aromatic rings. The lowest BCUT2D eigenvalue weighted by molar-refractivity contribution is 0.482. The van der Waals surface area contributed by atoms with Crippen LogP contribution in [0.1, 0.15) is 6.92 Å². The molecule has 1 aliphatic heterocycles.